The van der Waals surface area contributed by atoms with E-state index in [1.807, 2.05) is 27.7 Å². The summed E-state index contributed by atoms with van der Waals surface area (Å²) in [6, 6.07) is -0.525. The number of nitrogens with one attached hydrogen (secondary N) is 1. The van der Waals surface area contributed by atoms with Crippen LogP contribution in [-0.4, -0.2) is 48.1 Å². The molecular weight excluding hydrogens is 256 g/mol. The molecule has 0 spiro atoms. The molecule has 1 fully saturated rings. The predicted molar refractivity (Wildman–Crippen MR) is 78.2 cm³/mol. The third-order valence-corrected chi connectivity index (χ3v) is 3.87. The van der Waals surface area contributed by atoms with Crippen molar-refractivity contribution in [1.82, 2.24) is 10.2 Å². The van der Waals surface area contributed by atoms with Gasteiger partial charge < -0.3 is 15.0 Å². The van der Waals surface area contributed by atoms with Crippen molar-refractivity contribution in [2.45, 2.75) is 59.2 Å². The molecule has 1 N–H and O–H groups in total. The van der Waals surface area contributed by atoms with Crippen LogP contribution in [0.4, 0.5) is 0 Å². The van der Waals surface area contributed by atoms with Crippen LogP contribution in [0.1, 0.15) is 41.5 Å². The summed E-state index contributed by atoms with van der Waals surface area (Å²) in [5.74, 6) is 0.174. The maximum atomic E-state index is 12.8. The molecule has 1 heterocycles. The summed E-state index contributed by atoms with van der Waals surface area (Å²) < 4.78 is 5.27. The highest BCUT2D eigenvalue weighted by atomic mass is 16.5. The molecular formula is C15H28N2O3. The molecule has 116 valence electrons. The van der Waals surface area contributed by atoms with Crippen LogP contribution in [0.3, 0.4) is 0 Å². The van der Waals surface area contributed by atoms with Gasteiger partial charge in [-0.05, 0) is 25.7 Å². The highest BCUT2D eigenvalue weighted by molar-refractivity contribution is 5.99. The van der Waals surface area contributed by atoms with Crippen molar-refractivity contribution in [1.29, 1.82) is 0 Å². The molecule has 0 aromatic carbocycles. The van der Waals surface area contributed by atoms with E-state index in [-0.39, 0.29) is 29.7 Å². The number of rotatable bonds is 5. The Morgan fingerprint density at radius 2 is 1.80 bits per heavy atom. The molecule has 2 unspecified atom stereocenters. The van der Waals surface area contributed by atoms with Crippen molar-refractivity contribution in [2.24, 2.45) is 11.8 Å². The number of nitrogens with zero attached hydrogens (tertiary/aromatic N) is 1. The zero-order chi connectivity index (χ0) is 15.7. The Hall–Kier alpha value is -1.10. The van der Waals surface area contributed by atoms with Crippen LogP contribution in [-0.2, 0) is 14.3 Å². The Bertz CT molecular complexity index is 377. The maximum absolute atomic E-state index is 12.8. The van der Waals surface area contributed by atoms with Gasteiger partial charge in [0.2, 0.25) is 11.8 Å². The molecule has 1 saturated heterocycles. The van der Waals surface area contributed by atoms with Crippen LogP contribution in [0.25, 0.3) is 0 Å². The second kappa shape index (κ2) is 6.12. The number of hydrogen-bond donors (Lipinski definition) is 1. The first-order valence-electron chi connectivity index (χ1n) is 7.27. The Balaban J connectivity index is 3.23. The van der Waals surface area contributed by atoms with Crippen LogP contribution in [0.15, 0.2) is 0 Å². The van der Waals surface area contributed by atoms with E-state index in [9.17, 15) is 9.59 Å². The zero-order valence-corrected chi connectivity index (χ0v) is 13.7. The second-order valence-corrected chi connectivity index (χ2v) is 6.78. The monoisotopic (exact) mass is 284 g/mol. The molecule has 5 nitrogen and oxygen atoms in total. The Kier molecular flexibility index (Phi) is 5.19. The van der Waals surface area contributed by atoms with Crippen molar-refractivity contribution in [3.05, 3.63) is 0 Å². The van der Waals surface area contributed by atoms with Gasteiger partial charge in [-0.15, -0.1) is 0 Å². The van der Waals surface area contributed by atoms with Crippen LogP contribution in [0.2, 0.25) is 0 Å². The molecule has 0 bridgehead atoms. The standard InChI is InChI=1S/C15H28N2O3/c1-9(2)11(8-20-7)17-12(10(3)4)13(18)16-15(5,6)14(17)19/h9-12H,8H2,1-7H3,(H,16,18). The fourth-order valence-corrected chi connectivity index (χ4v) is 2.76. The van der Waals surface area contributed by atoms with Crippen molar-refractivity contribution in [3.63, 3.8) is 0 Å². The lowest BCUT2D eigenvalue weighted by molar-refractivity contribution is -0.161. The topological polar surface area (TPSA) is 58.6 Å². The van der Waals surface area contributed by atoms with E-state index in [4.69, 9.17) is 4.74 Å². The van der Waals surface area contributed by atoms with E-state index in [0.29, 0.717) is 6.61 Å². The van der Waals surface area contributed by atoms with E-state index in [2.05, 4.69) is 5.32 Å². The van der Waals surface area contributed by atoms with E-state index >= 15 is 0 Å². The molecule has 0 aromatic rings. The van der Waals surface area contributed by atoms with E-state index in [1.54, 1.807) is 25.9 Å². The second-order valence-electron chi connectivity index (χ2n) is 6.78. The highest BCUT2D eigenvalue weighted by Crippen LogP contribution is 2.27. The van der Waals surface area contributed by atoms with Crippen molar-refractivity contribution in [3.8, 4) is 0 Å². The first-order chi connectivity index (χ1) is 9.13. The lowest BCUT2D eigenvalue weighted by Crippen LogP contribution is -2.72. The number of carbonyl (C=O) groups is 2. The van der Waals surface area contributed by atoms with Gasteiger partial charge in [0.1, 0.15) is 11.6 Å². The lowest BCUT2D eigenvalue weighted by atomic mass is 9.88. The molecule has 0 aromatic heterocycles. The molecule has 5 heteroatoms. The number of hydrogen-bond acceptors (Lipinski definition) is 3. The van der Waals surface area contributed by atoms with Gasteiger partial charge in [-0.3, -0.25) is 9.59 Å². The van der Waals surface area contributed by atoms with Gasteiger partial charge in [0, 0.05) is 7.11 Å². The van der Waals surface area contributed by atoms with Gasteiger partial charge in [0.05, 0.1) is 12.6 Å². The third-order valence-electron chi connectivity index (χ3n) is 3.87. The smallest absolute Gasteiger partial charge is 0.248 e. The number of carbonyl (C=O) groups excluding carboxylic acids is 2. The number of methoxy groups -OCH3 is 1. The summed E-state index contributed by atoms with van der Waals surface area (Å²) in [6.07, 6.45) is 0. The van der Waals surface area contributed by atoms with Crippen molar-refractivity contribution >= 4 is 11.8 Å². The fraction of sp³-hybridized carbons (Fsp3) is 0.867. The summed E-state index contributed by atoms with van der Waals surface area (Å²) in [5.41, 5.74) is -0.858. The average Bonchev–Trinajstić information content (AvgIpc) is 2.29. The number of amides is 2. The van der Waals surface area contributed by atoms with Gasteiger partial charge in [-0.2, -0.15) is 0 Å². The molecule has 2 atom stereocenters. The van der Waals surface area contributed by atoms with Gasteiger partial charge in [0.25, 0.3) is 0 Å². The van der Waals surface area contributed by atoms with Crippen LogP contribution >= 0.6 is 0 Å². The summed E-state index contributed by atoms with van der Waals surface area (Å²) >= 11 is 0. The minimum absolute atomic E-state index is 0.0356. The minimum Gasteiger partial charge on any atom is -0.383 e. The minimum atomic E-state index is -0.858. The summed E-state index contributed by atoms with van der Waals surface area (Å²) in [6.45, 7) is 12.0. The quantitative estimate of drug-likeness (QED) is 0.830. The van der Waals surface area contributed by atoms with Gasteiger partial charge >= 0.3 is 0 Å². The number of piperazine rings is 1. The van der Waals surface area contributed by atoms with Crippen LogP contribution in [0, 0.1) is 11.8 Å². The Labute approximate surface area is 122 Å². The first kappa shape index (κ1) is 17.0. The molecule has 2 amide bonds. The molecule has 1 aliphatic heterocycles. The Morgan fingerprint density at radius 1 is 1.25 bits per heavy atom. The fourth-order valence-electron chi connectivity index (χ4n) is 2.76. The molecule has 20 heavy (non-hydrogen) atoms. The lowest BCUT2D eigenvalue weighted by Gasteiger charge is -2.48. The van der Waals surface area contributed by atoms with Gasteiger partial charge in [0.15, 0.2) is 0 Å². The SMILES string of the molecule is COCC(C(C)C)N1C(=O)C(C)(C)NC(=O)C1C(C)C. The largest absolute Gasteiger partial charge is 0.383 e. The Morgan fingerprint density at radius 3 is 2.20 bits per heavy atom. The third kappa shape index (κ3) is 3.14. The van der Waals surface area contributed by atoms with E-state index in [1.165, 1.54) is 0 Å². The maximum Gasteiger partial charge on any atom is 0.248 e. The van der Waals surface area contributed by atoms with Gasteiger partial charge in [-0.1, -0.05) is 27.7 Å². The normalized spacial score (nSPS) is 24.2. The first-order valence-corrected chi connectivity index (χ1v) is 7.27. The van der Waals surface area contributed by atoms with Crippen molar-refractivity contribution in [2.75, 3.05) is 13.7 Å². The predicted octanol–water partition coefficient (Wildman–Crippen LogP) is 1.42. The average molecular weight is 284 g/mol. The molecule has 0 aliphatic carbocycles. The highest BCUT2D eigenvalue weighted by Gasteiger charge is 2.49. The van der Waals surface area contributed by atoms with Crippen LogP contribution in [0.5, 0.6) is 0 Å². The van der Waals surface area contributed by atoms with Crippen molar-refractivity contribution < 1.29 is 14.3 Å². The number of ether oxygens (including phenoxy) is 1. The van der Waals surface area contributed by atoms with Gasteiger partial charge in [-0.25, -0.2) is 0 Å². The molecule has 1 aliphatic rings. The zero-order valence-electron chi connectivity index (χ0n) is 13.7. The summed E-state index contributed by atoms with van der Waals surface area (Å²) in [4.78, 5) is 26.9. The van der Waals surface area contributed by atoms with E-state index < -0.39 is 11.6 Å². The molecule has 0 radical (unpaired) electrons. The summed E-state index contributed by atoms with van der Waals surface area (Å²) in [5, 5.41) is 2.83. The van der Waals surface area contributed by atoms with Crippen LogP contribution < -0.4 is 5.32 Å². The summed E-state index contributed by atoms with van der Waals surface area (Å²) in [7, 11) is 1.62. The molecule has 0 saturated carbocycles. The van der Waals surface area contributed by atoms with E-state index in [0.717, 1.165) is 0 Å². The molecule has 1 rings (SSSR count).